The van der Waals surface area contributed by atoms with E-state index >= 15 is 0 Å². The van der Waals surface area contributed by atoms with Crippen molar-refractivity contribution < 1.29 is 8.78 Å². The van der Waals surface area contributed by atoms with Gasteiger partial charge in [-0.3, -0.25) is 0 Å². The Morgan fingerprint density at radius 3 is 1.45 bits per heavy atom. The summed E-state index contributed by atoms with van der Waals surface area (Å²) in [6.07, 6.45) is 0. The highest BCUT2D eigenvalue weighted by molar-refractivity contribution is 6.31. The monoisotopic (exact) mass is 316 g/mol. The lowest BCUT2D eigenvalue weighted by Crippen LogP contribution is -2.27. The van der Waals surface area contributed by atoms with Crippen LogP contribution >= 0.6 is 23.2 Å². The number of halogens is 4. The number of rotatable bonds is 3. The molecular weight excluding hydrogens is 305 g/mol. The van der Waals surface area contributed by atoms with Crippen molar-refractivity contribution in [1.29, 1.82) is 0 Å². The van der Waals surface area contributed by atoms with Crippen LogP contribution in [-0.4, -0.2) is 0 Å². The molecule has 2 nitrogen and oxygen atoms in total. The summed E-state index contributed by atoms with van der Waals surface area (Å²) in [5.41, 5.74) is 12.7. The molecule has 0 aliphatic carbocycles. The van der Waals surface area contributed by atoms with Crippen molar-refractivity contribution in [2.45, 2.75) is 12.1 Å². The maximum atomic E-state index is 13.3. The molecule has 0 bridgehead atoms. The maximum Gasteiger partial charge on any atom is 0.123 e. The van der Waals surface area contributed by atoms with E-state index < -0.39 is 23.7 Å². The highest BCUT2D eigenvalue weighted by atomic mass is 35.5. The van der Waals surface area contributed by atoms with E-state index in [1.165, 1.54) is 36.4 Å². The summed E-state index contributed by atoms with van der Waals surface area (Å²) in [5.74, 6) is -0.949. The van der Waals surface area contributed by atoms with Crippen molar-refractivity contribution in [3.63, 3.8) is 0 Å². The second-order valence-electron chi connectivity index (χ2n) is 4.38. The lowest BCUT2D eigenvalue weighted by Gasteiger charge is -2.22. The lowest BCUT2D eigenvalue weighted by atomic mass is 9.94. The zero-order chi connectivity index (χ0) is 14.9. The summed E-state index contributed by atoms with van der Waals surface area (Å²) in [4.78, 5) is 0. The van der Waals surface area contributed by atoms with Crippen LogP contribution in [0.25, 0.3) is 0 Å². The molecule has 0 saturated heterocycles. The van der Waals surface area contributed by atoms with E-state index in [1.54, 1.807) is 0 Å². The van der Waals surface area contributed by atoms with Crippen molar-refractivity contribution in [2.75, 3.05) is 0 Å². The molecule has 0 spiro atoms. The Morgan fingerprint density at radius 1 is 0.750 bits per heavy atom. The SMILES string of the molecule is NC(c1cc(F)ccc1Cl)C(N)c1cc(F)ccc1Cl. The normalized spacial score (nSPS) is 14.1. The molecule has 0 aromatic heterocycles. The first-order valence-corrected chi connectivity index (χ1v) is 6.57. The van der Waals surface area contributed by atoms with Crippen molar-refractivity contribution >= 4 is 23.2 Å². The van der Waals surface area contributed by atoms with E-state index in [0.29, 0.717) is 21.2 Å². The third-order valence-electron chi connectivity index (χ3n) is 3.02. The topological polar surface area (TPSA) is 52.0 Å². The molecule has 6 heteroatoms. The molecule has 0 heterocycles. The largest absolute Gasteiger partial charge is 0.322 e. The van der Waals surface area contributed by atoms with Crippen molar-refractivity contribution in [1.82, 2.24) is 0 Å². The van der Waals surface area contributed by atoms with Gasteiger partial charge in [-0.1, -0.05) is 23.2 Å². The molecule has 4 N–H and O–H groups in total. The summed E-state index contributed by atoms with van der Waals surface area (Å²) >= 11 is 12.0. The molecule has 2 aromatic rings. The highest BCUT2D eigenvalue weighted by Gasteiger charge is 2.22. The fourth-order valence-corrected chi connectivity index (χ4v) is 2.41. The number of hydrogen-bond acceptors (Lipinski definition) is 2. The number of nitrogens with two attached hydrogens (primary N) is 2. The molecule has 2 unspecified atom stereocenters. The van der Waals surface area contributed by atoms with Gasteiger partial charge in [-0.2, -0.15) is 0 Å². The minimum Gasteiger partial charge on any atom is -0.322 e. The zero-order valence-electron chi connectivity index (χ0n) is 10.3. The van der Waals surface area contributed by atoms with E-state index in [-0.39, 0.29) is 0 Å². The van der Waals surface area contributed by atoms with Crippen LogP contribution in [0.2, 0.25) is 10.0 Å². The lowest BCUT2D eigenvalue weighted by molar-refractivity contribution is 0.557. The predicted octanol–water partition coefficient (Wildman–Crippen LogP) is 3.97. The van der Waals surface area contributed by atoms with Crippen LogP contribution in [0.5, 0.6) is 0 Å². The average molecular weight is 317 g/mol. The third-order valence-corrected chi connectivity index (χ3v) is 3.71. The Bertz CT molecular complexity index is 579. The molecule has 0 saturated carbocycles. The van der Waals surface area contributed by atoms with Crippen LogP contribution in [0.3, 0.4) is 0 Å². The van der Waals surface area contributed by atoms with Gasteiger partial charge in [-0.25, -0.2) is 8.78 Å². The minimum absolute atomic E-state index is 0.293. The molecule has 106 valence electrons. The molecule has 0 amide bonds. The molecule has 20 heavy (non-hydrogen) atoms. The zero-order valence-corrected chi connectivity index (χ0v) is 11.8. The molecule has 0 aliphatic rings. The van der Waals surface area contributed by atoms with E-state index in [0.717, 1.165) is 0 Å². The van der Waals surface area contributed by atoms with Gasteiger partial charge in [0.2, 0.25) is 0 Å². The van der Waals surface area contributed by atoms with Crippen LogP contribution in [0.1, 0.15) is 23.2 Å². The Morgan fingerprint density at radius 2 is 1.10 bits per heavy atom. The quantitative estimate of drug-likeness (QED) is 0.900. The summed E-state index contributed by atoms with van der Waals surface area (Å²) in [6, 6.07) is 6.03. The molecular formula is C14H12Cl2F2N2. The van der Waals surface area contributed by atoms with Crippen molar-refractivity contribution in [3.8, 4) is 0 Å². The van der Waals surface area contributed by atoms with Gasteiger partial charge in [0.05, 0.1) is 12.1 Å². The van der Waals surface area contributed by atoms with Gasteiger partial charge in [0.1, 0.15) is 11.6 Å². The molecule has 0 aliphatic heterocycles. The van der Waals surface area contributed by atoms with Gasteiger partial charge < -0.3 is 11.5 Å². The fourth-order valence-electron chi connectivity index (χ4n) is 1.93. The molecule has 0 radical (unpaired) electrons. The van der Waals surface area contributed by atoms with E-state index in [4.69, 9.17) is 34.7 Å². The number of hydrogen-bond donors (Lipinski definition) is 2. The average Bonchev–Trinajstić information content (AvgIpc) is 2.42. The summed E-state index contributed by atoms with van der Waals surface area (Å²) < 4.78 is 26.6. The first-order valence-electron chi connectivity index (χ1n) is 5.81. The smallest absolute Gasteiger partial charge is 0.123 e. The first-order chi connectivity index (χ1) is 9.40. The molecule has 2 rings (SSSR count). The second-order valence-corrected chi connectivity index (χ2v) is 5.20. The third kappa shape index (κ3) is 3.10. The van der Waals surface area contributed by atoms with Crippen LogP contribution in [0.15, 0.2) is 36.4 Å². The van der Waals surface area contributed by atoms with Crippen LogP contribution in [0.4, 0.5) is 8.78 Å². The van der Waals surface area contributed by atoms with E-state index in [9.17, 15) is 8.78 Å². The number of benzene rings is 2. The molecule has 2 atom stereocenters. The van der Waals surface area contributed by atoms with Crippen LogP contribution in [-0.2, 0) is 0 Å². The highest BCUT2D eigenvalue weighted by Crippen LogP contribution is 2.33. The van der Waals surface area contributed by atoms with Crippen LogP contribution < -0.4 is 11.5 Å². The van der Waals surface area contributed by atoms with Gasteiger partial charge in [0.15, 0.2) is 0 Å². The summed E-state index contributed by atoms with van der Waals surface area (Å²) in [7, 11) is 0. The first kappa shape index (κ1) is 15.2. The molecule has 0 fully saturated rings. The predicted molar refractivity (Wildman–Crippen MR) is 76.7 cm³/mol. The van der Waals surface area contributed by atoms with Gasteiger partial charge in [-0.05, 0) is 47.5 Å². The second kappa shape index (κ2) is 6.06. The Balaban J connectivity index is 2.39. The van der Waals surface area contributed by atoms with Gasteiger partial charge in [-0.15, -0.1) is 0 Å². The maximum absolute atomic E-state index is 13.3. The summed E-state index contributed by atoms with van der Waals surface area (Å²) in [6.45, 7) is 0. The Hall–Kier alpha value is -1.20. The van der Waals surface area contributed by atoms with Gasteiger partial charge in [0.25, 0.3) is 0 Å². The van der Waals surface area contributed by atoms with Gasteiger partial charge >= 0.3 is 0 Å². The molecule has 2 aromatic carbocycles. The van der Waals surface area contributed by atoms with Gasteiger partial charge in [0, 0.05) is 10.0 Å². The van der Waals surface area contributed by atoms with Crippen LogP contribution in [0, 0.1) is 11.6 Å². The van der Waals surface area contributed by atoms with E-state index in [1.807, 2.05) is 0 Å². The summed E-state index contributed by atoms with van der Waals surface area (Å²) in [5, 5.41) is 0.587. The Labute approximate surface area is 125 Å². The van der Waals surface area contributed by atoms with Crippen molar-refractivity contribution in [2.24, 2.45) is 11.5 Å². The standard InChI is InChI=1S/C14H12Cl2F2N2/c15-11-3-1-7(17)5-9(11)13(19)14(20)10-6-8(18)2-4-12(10)16/h1-6,13-14H,19-20H2. The minimum atomic E-state index is -0.808. The Kier molecular flexibility index (Phi) is 4.60. The van der Waals surface area contributed by atoms with E-state index in [2.05, 4.69) is 0 Å². The van der Waals surface area contributed by atoms with Crippen molar-refractivity contribution in [3.05, 3.63) is 69.2 Å². The fraction of sp³-hybridized carbons (Fsp3) is 0.143.